The lowest BCUT2D eigenvalue weighted by molar-refractivity contribution is -0.145. The summed E-state index contributed by atoms with van der Waals surface area (Å²) >= 11 is 0. The van der Waals surface area contributed by atoms with E-state index in [0.29, 0.717) is 0 Å². The minimum absolute atomic E-state index is 0.0235. The third-order valence-corrected chi connectivity index (χ3v) is 5.10. The van der Waals surface area contributed by atoms with Crippen LogP contribution in [0.4, 0.5) is 9.18 Å². The Morgan fingerprint density at radius 1 is 0.821 bits per heavy atom. The van der Waals surface area contributed by atoms with E-state index >= 15 is 0 Å². The van der Waals surface area contributed by atoms with Gasteiger partial charge in [0, 0.05) is 38.5 Å². The molecular weight excluding hydrogens is 524 g/mol. The summed E-state index contributed by atoms with van der Waals surface area (Å²) in [7, 11) is 0. The number of nitrogens with one attached hydrogen (secondary N) is 4. The smallest absolute Gasteiger partial charge is 0.326 e. The lowest BCUT2D eigenvalue weighted by Gasteiger charge is -2.14. The second-order valence-electron chi connectivity index (χ2n) is 8.26. The zero-order valence-corrected chi connectivity index (χ0v) is 20.8. The molecule has 1 heterocycles. The molecule has 0 aliphatic rings. The number of carboxylic acid groups (broad SMARTS) is 3. The predicted molar refractivity (Wildman–Crippen MR) is 129 cm³/mol. The van der Waals surface area contributed by atoms with Crippen LogP contribution < -0.4 is 21.3 Å². The monoisotopic (exact) mass is 554 g/mol. The Labute approximate surface area is 221 Å². The van der Waals surface area contributed by atoms with Crippen LogP contribution in [-0.2, 0) is 24.0 Å². The molecule has 0 fully saturated rings. The van der Waals surface area contributed by atoms with Crippen molar-refractivity contribution in [2.45, 2.75) is 57.0 Å². The fourth-order valence-corrected chi connectivity index (χ4v) is 3.09. The molecule has 0 radical (unpaired) electrons. The van der Waals surface area contributed by atoms with Crippen LogP contribution in [-0.4, -0.2) is 87.0 Å². The molecule has 0 bridgehead atoms. The van der Waals surface area contributed by atoms with E-state index < -0.39 is 60.2 Å². The molecule has 214 valence electrons. The van der Waals surface area contributed by atoms with Crippen LogP contribution in [0.25, 0.3) is 0 Å². The van der Waals surface area contributed by atoms with Crippen molar-refractivity contribution < 1.29 is 53.3 Å². The second kappa shape index (κ2) is 17.0. The molecule has 4 amide bonds. The molecule has 2 atom stereocenters. The molecule has 7 N–H and O–H groups in total. The van der Waals surface area contributed by atoms with Crippen molar-refractivity contribution in [1.29, 1.82) is 0 Å². The maximum Gasteiger partial charge on any atom is 0.326 e. The molecule has 16 heteroatoms. The average molecular weight is 555 g/mol. The van der Waals surface area contributed by atoms with E-state index in [1.165, 1.54) is 6.07 Å². The number of urea groups is 1. The minimum Gasteiger partial charge on any atom is -0.481 e. The highest BCUT2D eigenvalue weighted by Gasteiger charge is 2.23. The molecule has 0 aliphatic heterocycles. The fraction of sp³-hybridized carbons (Fsp3) is 0.478. The summed E-state index contributed by atoms with van der Waals surface area (Å²) in [5.41, 5.74) is 0.137. The van der Waals surface area contributed by atoms with Crippen LogP contribution in [0.15, 0.2) is 18.3 Å². The van der Waals surface area contributed by atoms with Gasteiger partial charge in [0.2, 0.25) is 11.9 Å². The molecule has 15 nitrogen and oxygen atoms in total. The van der Waals surface area contributed by atoms with Crippen molar-refractivity contribution in [2.24, 2.45) is 0 Å². The van der Waals surface area contributed by atoms with E-state index in [0.717, 1.165) is 12.3 Å². The van der Waals surface area contributed by atoms with Crippen LogP contribution in [0.1, 0.15) is 55.3 Å². The number of aliphatic carboxylic acids is 3. The summed E-state index contributed by atoms with van der Waals surface area (Å²) in [4.78, 5) is 84.0. The lowest BCUT2D eigenvalue weighted by Crippen LogP contribution is -2.47. The Bertz CT molecular complexity index is 1050. The van der Waals surface area contributed by atoms with Crippen molar-refractivity contribution in [1.82, 2.24) is 26.3 Å². The average Bonchev–Trinajstić information content (AvgIpc) is 2.86. The van der Waals surface area contributed by atoms with Gasteiger partial charge in [-0.15, -0.1) is 0 Å². The quantitative estimate of drug-likeness (QED) is 0.0914. The number of amides is 4. The highest BCUT2D eigenvalue weighted by molar-refractivity contribution is 5.93. The number of hydrogen-bond acceptors (Lipinski definition) is 8. The Morgan fingerprint density at radius 2 is 1.46 bits per heavy atom. The molecule has 39 heavy (non-hydrogen) atoms. The first-order chi connectivity index (χ1) is 18.4. The molecule has 0 aromatic carbocycles. The number of aromatic nitrogens is 1. The zero-order valence-electron chi connectivity index (χ0n) is 20.8. The van der Waals surface area contributed by atoms with Gasteiger partial charge in [-0.3, -0.25) is 19.2 Å². The van der Waals surface area contributed by atoms with E-state index in [1.807, 2.05) is 5.32 Å². The van der Waals surface area contributed by atoms with E-state index in [2.05, 4.69) is 20.9 Å². The number of Topliss-reactive ketones (excluding diaryl/α,β-unsaturated/α-hetero) is 1. The van der Waals surface area contributed by atoms with Gasteiger partial charge < -0.3 is 36.6 Å². The number of rotatable bonds is 18. The standard InChI is InChI=1S/C23H30FN5O10/c24-17-8-5-13(12-27-17)20(34)25-9-2-4-18(31)28-15(21(35)36)7-6-14(30)3-1-10-26-23(39)29-16(22(37)38)11-19(32)33/h5,8,12,15-16H,1-4,6-7,9-11H2,(H,25,34)(H,28,31)(H,32,33)(H,35,36)(H,37,38)(H2,26,29,39)/t15-,16-/m0/s1/i24-1. The Hall–Kier alpha value is -4.63. The number of hydrogen-bond donors (Lipinski definition) is 7. The number of carbonyl (C=O) groups is 7. The minimum atomic E-state index is -1.62. The van der Waals surface area contributed by atoms with E-state index in [1.54, 1.807) is 0 Å². The second-order valence-corrected chi connectivity index (χ2v) is 8.26. The third-order valence-electron chi connectivity index (χ3n) is 5.10. The van der Waals surface area contributed by atoms with Gasteiger partial charge in [0.05, 0.1) is 12.0 Å². The molecule has 1 aromatic rings. The number of ketones is 1. The topological polar surface area (TPSA) is 241 Å². The Kier molecular flexibility index (Phi) is 14.1. The van der Waals surface area contributed by atoms with E-state index in [4.69, 9.17) is 10.2 Å². The largest absolute Gasteiger partial charge is 0.481 e. The first kappa shape index (κ1) is 32.4. The summed E-state index contributed by atoms with van der Waals surface area (Å²) < 4.78 is 12.8. The van der Waals surface area contributed by atoms with Gasteiger partial charge in [-0.2, -0.15) is 4.39 Å². The number of nitrogens with zero attached hydrogens (tertiary/aromatic N) is 1. The highest BCUT2D eigenvalue weighted by Crippen LogP contribution is 2.05. The Balaban J connectivity index is 2.28. The fourth-order valence-electron chi connectivity index (χ4n) is 3.09. The summed E-state index contributed by atoms with van der Waals surface area (Å²) in [6, 6.07) is -1.58. The molecule has 1 aromatic heterocycles. The van der Waals surface area contributed by atoms with Gasteiger partial charge in [-0.1, -0.05) is 0 Å². The molecule has 0 saturated heterocycles. The van der Waals surface area contributed by atoms with Crippen molar-refractivity contribution in [3.63, 3.8) is 0 Å². The van der Waals surface area contributed by atoms with Crippen molar-refractivity contribution in [3.8, 4) is 0 Å². The van der Waals surface area contributed by atoms with Crippen LogP contribution in [0, 0.1) is 5.95 Å². The number of carbonyl (C=O) groups excluding carboxylic acids is 4. The van der Waals surface area contributed by atoms with Gasteiger partial charge in [-0.05, 0) is 31.4 Å². The summed E-state index contributed by atoms with van der Waals surface area (Å²) in [6.45, 7) is 0.0761. The number of pyridine rings is 1. The molecular formula is C23H30FN5O10. The van der Waals surface area contributed by atoms with Crippen LogP contribution in [0.2, 0.25) is 0 Å². The van der Waals surface area contributed by atoms with Gasteiger partial charge in [0.1, 0.15) is 17.9 Å². The highest BCUT2D eigenvalue weighted by atomic mass is 18.2. The maximum atomic E-state index is 12.8. The first-order valence-electron chi connectivity index (χ1n) is 11.8. The molecule has 0 aliphatic carbocycles. The lowest BCUT2D eigenvalue weighted by atomic mass is 10.1. The van der Waals surface area contributed by atoms with Crippen molar-refractivity contribution in [2.75, 3.05) is 13.1 Å². The summed E-state index contributed by atoms with van der Waals surface area (Å²) in [5.74, 6) is -6.43. The van der Waals surface area contributed by atoms with Crippen molar-refractivity contribution >= 4 is 41.5 Å². The van der Waals surface area contributed by atoms with Gasteiger partial charge in [0.25, 0.3) is 5.91 Å². The molecule has 0 unspecified atom stereocenters. The van der Waals surface area contributed by atoms with E-state index in [-0.39, 0.29) is 63.0 Å². The van der Waals surface area contributed by atoms with Crippen LogP contribution in [0.3, 0.4) is 0 Å². The van der Waals surface area contributed by atoms with Crippen molar-refractivity contribution in [3.05, 3.63) is 29.8 Å². The zero-order chi connectivity index (χ0) is 29.4. The van der Waals surface area contributed by atoms with E-state index in [9.17, 15) is 43.1 Å². The molecule has 0 saturated carbocycles. The summed E-state index contributed by atoms with van der Waals surface area (Å²) in [5, 5.41) is 36.0. The number of carboxylic acids is 3. The first-order valence-corrected chi connectivity index (χ1v) is 11.8. The SMILES string of the molecule is O=C(O)C[C@H](NC(=O)NCCCC(=O)CC[C@H](NC(=O)CCCNC(=O)c1ccc([18F])nc1)C(=O)O)C(=O)O. The molecule has 1 rings (SSSR count). The normalized spacial score (nSPS) is 11.9. The van der Waals surface area contributed by atoms with Gasteiger partial charge in [-0.25, -0.2) is 19.4 Å². The third kappa shape index (κ3) is 14.0. The summed E-state index contributed by atoms with van der Waals surface area (Å²) in [6.07, 6.45) is 0.153. The number of halogens is 1. The van der Waals surface area contributed by atoms with Crippen LogP contribution >= 0.6 is 0 Å². The van der Waals surface area contributed by atoms with Crippen LogP contribution in [0.5, 0.6) is 0 Å². The molecule has 0 spiro atoms. The Morgan fingerprint density at radius 3 is 2.05 bits per heavy atom. The maximum absolute atomic E-state index is 12.8. The van der Waals surface area contributed by atoms with Gasteiger partial charge >= 0.3 is 23.9 Å². The predicted octanol–water partition coefficient (Wildman–Crippen LogP) is -0.343. The van der Waals surface area contributed by atoms with Gasteiger partial charge in [0.15, 0.2) is 0 Å².